The first-order valence-corrected chi connectivity index (χ1v) is 23.9. The monoisotopic (exact) mass is 714 g/mol. The lowest BCUT2D eigenvalue weighted by molar-refractivity contribution is -0.708. The van der Waals surface area contributed by atoms with Gasteiger partial charge >= 0.3 is 5.91 Å². The van der Waals surface area contributed by atoms with Crippen LogP contribution in [0.4, 0.5) is 0 Å². The summed E-state index contributed by atoms with van der Waals surface area (Å²) in [7, 11) is 0. The van der Waals surface area contributed by atoms with Gasteiger partial charge in [0.15, 0.2) is 0 Å². The summed E-state index contributed by atoms with van der Waals surface area (Å²) >= 11 is 0. The van der Waals surface area contributed by atoms with E-state index in [0.29, 0.717) is 10.4 Å². The van der Waals surface area contributed by atoms with Gasteiger partial charge in [-0.1, -0.05) is 239 Å². The van der Waals surface area contributed by atoms with Gasteiger partial charge in [-0.05, 0) is 25.7 Å². The van der Waals surface area contributed by atoms with Crippen LogP contribution in [0.1, 0.15) is 278 Å². The molecule has 3 nitrogen and oxygen atoms in total. The molecular formula is C48H93N2O+. The van der Waals surface area contributed by atoms with Crippen LogP contribution >= 0.6 is 0 Å². The number of unbranched alkanes of at least 4 members (excludes halogenated alkanes) is 35. The molecule has 1 aliphatic rings. The van der Waals surface area contributed by atoms with Crippen molar-refractivity contribution in [3.8, 4) is 0 Å². The average Bonchev–Trinajstić information content (AvgIpc) is 3.56. The van der Waals surface area contributed by atoms with Crippen LogP contribution in [0.2, 0.25) is 0 Å². The molecule has 1 unspecified atom stereocenters. The largest absolute Gasteiger partial charge is 0.324 e. The Labute approximate surface area is 321 Å². The summed E-state index contributed by atoms with van der Waals surface area (Å²) in [6.45, 7) is 7.83. The molecule has 3 heteroatoms. The quantitative estimate of drug-likeness (QED) is 0.0458. The Bertz CT molecular complexity index is 803. The maximum Gasteiger partial charge on any atom is 0.324 e. The Morgan fingerprint density at radius 1 is 0.412 bits per heavy atom. The van der Waals surface area contributed by atoms with Gasteiger partial charge in [-0.3, -0.25) is 0 Å². The minimum absolute atomic E-state index is 0.419. The summed E-state index contributed by atoms with van der Waals surface area (Å²) in [5.41, 5.74) is 0. The van der Waals surface area contributed by atoms with Gasteiger partial charge in [0, 0.05) is 6.42 Å². The molecule has 1 amide bonds. The van der Waals surface area contributed by atoms with Crippen LogP contribution in [0.3, 0.4) is 0 Å². The number of amidine groups is 1. The second-order valence-corrected chi connectivity index (χ2v) is 16.7. The van der Waals surface area contributed by atoms with Crippen molar-refractivity contribution < 1.29 is 9.28 Å². The van der Waals surface area contributed by atoms with E-state index in [1.807, 2.05) is 6.20 Å². The van der Waals surface area contributed by atoms with Crippen LogP contribution < -0.4 is 0 Å². The Balaban J connectivity index is 2.36. The topological polar surface area (TPSA) is 29.4 Å². The third kappa shape index (κ3) is 27.3. The zero-order valence-electron chi connectivity index (χ0n) is 35.4. The maximum absolute atomic E-state index is 14.0. The SMILES string of the molecule is CCCCCCCCCCCCCCCCC1=NC=C[N+]1(CCCCCCCCCCCCCCCC)C(=O)CCCCCCCCCCCC. The molecule has 1 rings (SSSR count). The van der Waals surface area contributed by atoms with Crippen molar-refractivity contribution in [3.63, 3.8) is 0 Å². The third-order valence-corrected chi connectivity index (χ3v) is 11.8. The van der Waals surface area contributed by atoms with Crippen molar-refractivity contribution in [2.24, 2.45) is 4.99 Å². The smallest absolute Gasteiger partial charge is 0.230 e. The number of carbonyl (C=O) groups is 1. The molecule has 0 spiro atoms. The predicted molar refractivity (Wildman–Crippen MR) is 228 cm³/mol. The number of nitrogens with zero attached hydrogens (tertiary/aromatic N) is 2. The van der Waals surface area contributed by atoms with E-state index in [-0.39, 0.29) is 0 Å². The van der Waals surface area contributed by atoms with Crippen LogP contribution in [-0.4, -0.2) is 22.8 Å². The fraction of sp³-hybridized carbons (Fsp3) is 0.917. The standard InChI is InChI=1S/C48H93N2O/c1-4-7-10-13-16-19-22-24-26-28-30-33-36-39-42-47-49-44-46-50(47,48(51)43-40-37-34-31-21-18-15-12-9-6-3)45-41-38-35-32-29-27-25-23-20-17-14-11-8-5-2/h44,46H,4-43,45H2,1-3H3/q+1. The summed E-state index contributed by atoms with van der Waals surface area (Å²) in [6, 6.07) is 0. The zero-order chi connectivity index (χ0) is 36.8. The van der Waals surface area contributed by atoms with Crippen molar-refractivity contribution in [1.82, 2.24) is 0 Å². The normalized spacial score (nSPS) is 15.6. The molecule has 0 fully saturated rings. The molecule has 0 aliphatic carbocycles. The summed E-state index contributed by atoms with van der Waals surface area (Å²) in [6.07, 6.45) is 57.6. The molecule has 0 aromatic carbocycles. The second kappa shape index (κ2) is 37.4. The van der Waals surface area contributed by atoms with Crippen LogP contribution in [0.15, 0.2) is 17.4 Å². The average molecular weight is 714 g/mol. The first-order chi connectivity index (χ1) is 25.2. The Morgan fingerprint density at radius 3 is 1.06 bits per heavy atom. The van der Waals surface area contributed by atoms with E-state index in [1.54, 1.807) is 0 Å². The Kier molecular flexibility index (Phi) is 35.2. The van der Waals surface area contributed by atoms with Gasteiger partial charge in [0.25, 0.3) is 0 Å². The number of aliphatic imine (C=N–C) groups is 1. The highest BCUT2D eigenvalue weighted by atomic mass is 16.2. The fourth-order valence-corrected chi connectivity index (χ4v) is 8.24. The van der Waals surface area contributed by atoms with Crippen molar-refractivity contribution in [2.45, 2.75) is 278 Å². The number of rotatable bonds is 41. The molecule has 1 aliphatic heterocycles. The summed E-state index contributed by atoms with van der Waals surface area (Å²) < 4.78 is 0.453. The Hall–Kier alpha value is -0.960. The fourth-order valence-electron chi connectivity index (χ4n) is 8.24. The zero-order valence-corrected chi connectivity index (χ0v) is 35.4. The second-order valence-electron chi connectivity index (χ2n) is 16.7. The highest BCUT2D eigenvalue weighted by Gasteiger charge is 2.41. The molecule has 0 bridgehead atoms. The van der Waals surface area contributed by atoms with Gasteiger partial charge in [0.05, 0.1) is 19.2 Å². The summed E-state index contributed by atoms with van der Waals surface area (Å²) in [4.78, 5) is 18.8. The highest BCUT2D eigenvalue weighted by molar-refractivity contribution is 5.90. The van der Waals surface area contributed by atoms with Crippen molar-refractivity contribution in [3.05, 3.63) is 12.4 Å². The third-order valence-electron chi connectivity index (χ3n) is 11.8. The predicted octanol–water partition coefficient (Wildman–Crippen LogP) is 16.9. The molecule has 300 valence electrons. The number of hydrogen-bond acceptors (Lipinski definition) is 2. The van der Waals surface area contributed by atoms with Gasteiger partial charge in [-0.15, -0.1) is 0 Å². The van der Waals surface area contributed by atoms with E-state index in [0.717, 1.165) is 38.1 Å². The van der Waals surface area contributed by atoms with E-state index in [2.05, 4.69) is 27.0 Å². The van der Waals surface area contributed by atoms with E-state index in [4.69, 9.17) is 4.99 Å². The lowest BCUT2D eigenvalue weighted by Crippen LogP contribution is -2.52. The lowest BCUT2D eigenvalue weighted by Gasteiger charge is -2.30. The van der Waals surface area contributed by atoms with Crippen LogP contribution in [0, 0.1) is 0 Å². The number of amides is 1. The molecule has 0 aromatic heterocycles. The highest BCUT2D eigenvalue weighted by Crippen LogP contribution is 2.27. The first-order valence-electron chi connectivity index (χ1n) is 23.9. The molecule has 0 radical (unpaired) electrons. The molecular weight excluding hydrogens is 621 g/mol. The molecule has 0 N–H and O–H groups in total. The molecule has 0 aromatic rings. The van der Waals surface area contributed by atoms with Crippen LogP contribution in [0.5, 0.6) is 0 Å². The minimum atomic E-state index is 0.419. The van der Waals surface area contributed by atoms with Crippen molar-refractivity contribution >= 4 is 11.7 Å². The van der Waals surface area contributed by atoms with E-state index >= 15 is 0 Å². The molecule has 51 heavy (non-hydrogen) atoms. The van der Waals surface area contributed by atoms with Gasteiger partial charge in [-0.25, -0.2) is 9.79 Å². The lowest BCUT2D eigenvalue weighted by atomic mass is 10.0. The number of hydrogen-bond donors (Lipinski definition) is 0. The van der Waals surface area contributed by atoms with Crippen LogP contribution in [0.25, 0.3) is 0 Å². The minimum Gasteiger partial charge on any atom is -0.230 e. The maximum atomic E-state index is 14.0. The molecule has 1 heterocycles. The van der Waals surface area contributed by atoms with Crippen LogP contribution in [-0.2, 0) is 4.79 Å². The van der Waals surface area contributed by atoms with Crippen molar-refractivity contribution in [1.29, 1.82) is 0 Å². The summed E-state index contributed by atoms with van der Waals surface area (Å²) in [5.74, 6) is 1.57. The summed E-state index contributed by atoms with van der Waals surface area (Å²) in [5, 5.41) is 0. The van der Waals surface area contributed by atoms with Crippen molar-refractivity contribution in [2.75, 3.05) is 6.54 Å². The number of carbonyl (C=O) groups excluding carboxylic acids is 1. The number of quaternary nitrogens is 1. The molecule has 0 saturated carbocycles. The molecule has 0 saturated heterocycles. The first kappa shape index (κ1) is 48.1. The van der Waals surface area contributed by atoms with E-state index < -0.39 is 0 Å². The van der Waals surface area contributed by atoms with Gasteiger partial charge in [-0.2, -0.15) is 4.48 Å². The van der Waals surface area contributed by atoms with Gasteiger partial charge < -0.3 is 0 Å². The van der Waals surface area contributed by atoms with E-state index in [1.165, 1.54) is 231 Å². The van der Waals surface area contributed by atoms with E-state index in [9.17, 15) is 4.79 Å². The Morgan fingerprint density at radius 2 is 0.706 bits per heavy atom. The molecule has 1 atom stereocenters. The van der Waals surface area contributed by atoms with Gasteiger partial charge in [0.2, 0.25) is 5.84 Å². The van der Waals surface area contributed by atoms with Gasteiger partial charge in [0.1, 0.15) is 6.20 Å².